The summed E-state index contributed by atoms with van der Waals surface area (Å²) in [6, 6.07) is 4.35. The van der Waals surface area contributed by atoms with Crippen LogP contribution in [0.4, 0.5) is 4.79 Å². The van der Waals surface area contributed by atoms with Crippen LogP contribution in [0, 0.1) is 19.8 Å². The second-order valence-corrected chi connectivity index (χ2v) is 10.4. The largest absolute Gasteiger partial charge is 0.444 e. The van der Waals surface area contributed by atoms with Crippen LogP contribution in [-0.2, 0) is 14.3 Å². The van der Waals surface area contributed by atoms with E-state index in [9.17, 15) is 14.4 Å². The Morgan fingerprint density at radius 2 is 1.71 bits per heavy atom. The van der Waals surface area contributed by atoms with Gasteiger partial charge in [-0.3, -0.25) is 9.59 Å². The monoisotopic (exact) mass is 489 g/mol. The highest BCUT2D eigenvalue weighted by Gasteiger charge is 2.37. The number of alkyl carbamates (subject to hydrolysis) is 1. The van der Waals surface area contributed by atoms with Crippen LogP contribution in [0.2, 0.25) is 0 Å². The summed E-state index contributed by atoms with van der Waals surface area (Å²) in [6.07, 6.45) is 3.02. The number of nitrogens with zero attached hydrogens (tertiary/aromatic N) is 1. The molecule has 0 fully saturated rings. The van der Waals surface area contributed by atoms with Crippen molar-refractivity contribution in [2.24, 2.45) is 5.92 Å². The maximum Gasteiger partial charge on any atom is 0.408 e. The van der Waals surface area contributed by atoms with Gasteiger partial charge in [0.2, 0.25) is 11.8 Å². The van der Waals surface area contributed by atoms with E-state index < -0.39 is 23.8 Å². The summed E-state index contributed by atoms with van der Waals surface area (Å²) in [5, 5.41) is 5.83. The first-order chi connectivity index (χ1) is 16.4. The molecule has 0 spiro atoms. The molecular weight excluding hydrogens is 442 g/mol. The Balaban J connectivity index is 3.39. The number of likely N-dealkylation sites (N-methyl/N-ethyl adjacent to an activating group) is 1. The first-order valence-corrected chi connectivity index (χ1v) is 13.0. The van der Waals surface area contributed by atoms with Gasteiger partial charge >= 0.3 is 6.09 Å². The Labute approximate surface area is 212 Å². The second-order valence-electron chi connectivity index (χ2n) is 10.4. The maximum atomic E-state index is 13.9. The lowest BCUT2D eigenvalue weighted by Gasteiger charge is -2.36. The normalized spacial score (nSPS) is 14.0. The maximum absolute atomic E-state index is 13.9. The third kappa shape index (κ3) is 9.54. The molecular formula is C28H47N3O4. The molecule has 3 amide bonds. The summed E-state index contributed by atoms with van der Waals surface area (Å²) in [5.41, 5.74) is 2.07. The smallest absolute Gasteiger partial charge is 0.408 e. The van der Waals surface area contributed by atoms with Crippen LogP contribution >= 0.6 is 0 Å². The van der Waals surface area contributed by atoms with Gasteiger partial charge in [0.05, 0.1) is 0 Å². The van der Waals surface area contributed by atoms with Gasteiger partial charge in [0.1, 0.15) is 17.7 Å². The lowest BCUT2D eigenvalue weighted by atomic mass is 9.93. The number of nitrogens with one attached hydrogen (secondary N) is 2. The Morgan fingerprint density at radius 1 is 1.06 bits per heavy atom. The molecule has 0 aliphatic carbocycles. The van der Waals surface area contributed by atoms with Crippen LogP contribution in [0.3, 0.4) is 0 Å². The standard InChI is InChI=1S/C28H47N3O4/c1-10-13-14-17-29-25(32)24(22-18-19(4)15-16-21(22)6)31(12-3)26(33)23(20(5)11-2)30-27(34)35-28(7,8)9/h15-16,18,20,23-24H,10-14,17H2,1-9H3,(H,29,32)(H,30,34). The molecule has 3 atom stereocenters. The Hall–Kier alpha value is -2.57. The third-order valence-corrected chi connectivity index (χ3v) is 6.14. The van der Waals surface area contributed by atoms with Crippen molar-refractivity contribution in [2.45, 2.75) is 106 Å². The van der Waals surface area contributed by atoms with Gasteiger partial charge in [-0.05, 0) is 65.0 Å². The van der Waals surface area contributed by atoms with E-state index in [0.29, 0.717) is 19.5 Å². The molecule has 1 aromatic carbocycles. The molecule has 1 rings (SSSR count). The van der Waals surface area contributed by atoms with E-state index in [1.54, 1.807) is 25.7 Å². The summed E-state index contributed by atoms with van der Waals surface area (Å²) in [6.45, 7) is 18.0. The zero-order chi connectivity index (χ0) is 26.8. The molecule has 0 saturated heterocycles. The van der Waals surface area contributed by atoms with Gasteiger partial charge in [-0.15, -0.1) is 0 Å². The number of unbranched alkanes of at least 4 members (excludes halogenated alkanes) is 2. The molecule has 35 heavy (non-hydrogen) atoms. The van der Waals surface area contributed by atoms with E-state index in [1.807, 2.05) is 52.8 Å². The van der Waals surface area contributed by atoms with E-state index in [0.717, 1.165) is 36.0 Å². The lowest BCUT2D eigenvalue weighted by molar-refractivity contribution is -0.143. The molecule has 0 radical (unpaired) electrons. The minimum absolute atomic E-state index is 0.143. The molecule has 2 N–H and O–H groups in total. The van der Waals surface area contributed by atoms with Gasteiger partial charge in [0.25, 0.3) is 0 Å². The van der Waals surface area contributed by atoms with Crippen LogP contribution in [0.25, 0.3) is 0 Å². The summed E-state index contributed by atoms with van der Waals surface area (Å²) in [7, 11) is 0. The van der Waals surface area contributed by atoms with Crippen molar-refractivity contribution in [3.05, 3.63) is 34.9 Å². The van der Waals surface area contributed by atoms with Crippen molar-refractivity contribution in [3.63, 3.8) is 0 Å². The van der Waals surface area contributed by atoms with Gasteiger partial charge in [0, 0.05) is 13.1 Å². The van der Waals surface area contributed by atoms with Crippen molar-refractivity contribution in [1.82, 2.24) is 15.5 Å². The molecule has 0 aliphatic heterocycles. The quantitative estimate of drug-likeness (QED) is 0.383. The molecule has 0 saturated carbocycles. The highest BCUT2D eigenvalue weighted by Crippen LogP contribution is 2.27. The van der Waals surface area contributed by atoms with E-state index in [4.69, 9.17) is 4.74 Å². The molecule has 0 bridgehead atoms. The van der Waals surface area contributed by atoms with E-state index in [-0.39, 0.29) is 17.7 Å². The van der Waals surface area contributed by atoms with Crippen molar-refractivity contribution in [1.29, 1.82) is 0 Å². The first kappa shape index (κ1) is 30.5. The van der Waals surface area contributed by atoms with Gasteiger partial charge in [-0.25, -0.2) is 4.79 Å². The number of carbonyl (C=O) groups excluding carboxylic acids is 3. The summed E-state index contributed by atoms with van der Waals surface area (Å²) < 4.78 is 5.43. The Morgan fingerprint density at radius 3 is 2.26 bits per heavy atom. The highest BCUT2D eigenvalue weighted by molar-refractivity contribution is 5.92. The Kier molecular flexibility index (Phi) is 12.3. The van der Waals surface area contributed by atoms with Crippen LogP contribution in [0.1, 0.15) is 96.9 Å². The predicted molar refractivity (Wildman–Crippen MR) is 141 cm³/mol. The number of carbonyl (C=O) groups is 3. The van der Waals surface area contributed by atoms with Crippen molar-refractivity contribution < 1.29 is 19.1 Å². The minimum atomic E-state index is -0.810. The number of amides is 3. The van der Waals surface area contributed by atoms with Crippen LogP contribution < -0.4 is 10.6 Å². The summed E-state index contributed by atoms with van der Waals surface area (Å²) in [4.78, 5) is 41.7. The molecule has 0 aliphatic rings. The van der Waals surface area contributed by atoms with Crippen molar-refractivity contribution in [2.75, 3.05) is 13.1 Å². The molecule has 0 aromatic heterocycles. The van der Waals surface area contributed by atoms with Crippen LogP contribution in [-0.4, -0.2) is 47.5 Å². The van der Waals surface area contributed by atoms with Gasteiger partial charge in [0.15, 0.2) is 0 Å². The average Bonchev–Trinajstić information content (AvgIpc) is 2.78. The van der Waals surface area contributed by atoms with Crippen LogP contribution in [0.15, 0.2) is 18.2 Å². The Bertz CT molecular complexity index is 847. The molecule has 1 aromatic rings. The van der Waals surface area contributed by atoms with E-state index >= 15 is 0 Å². The highest BCUT2D eigenvalue weighted by atomic mass is 16.6. The van der Waals surface area contributed by atoms with Crippen molar-refractivity contribution >= 4 is 17.9 Å². The minimum Gasteiger partial charge on any atom is -0.444 e. The number of aryl methyl sites for hydroxylation is 2. The fourth-order valence-electron chi connectivity index (χ4n) is 3.95. The number of hydrogen-bond acceptors (Lipinski definition) is 4. The zero-order valence-corrected chi connectivity index (χ0v) is 23.3. The van der Waals surface area contributed by atoms with E-state index in [1.165, 1.54) is 0 Å². The summed E-state index contributed by atoms with van der Waals surface area (Å²) in [5.74, 6) is -0.636. The number of rotatable bonds is 12. The third-order valence-electron chi connectivity index (χ3n) is 6.14. The fraction of sp³-hybridized carbons (Fsp3) is 0.679. The number of benzene rings is 1. The molecule has 0 heterocycles. The second kappa shape index (κ2) is 14.1. The van der Waals surface area contributed by atoms with Gasteiger partial charge in [-0.2, -0.15) is 0 Å². The van der Waals surface area contributed by atoms with Crippen LogP contribution in [0.5, 0.6) is 0 Å². The topological polar surface area (TPSA) is 87.7 Å². The predicted octanol–water partition coefficient (Wildman–Crippen LogP) is 5.44. The lowest BCUT2D eigenvalue weighted by Crippen LogP contribution is -2.55. The van der Waals surface area contributed by atoms with Crippen molar-refractivity contribution in [3.8, 4) is 0 Å². The van der Waals surface area contributed by atoms with E-state index in [2.05, 4.69) is 17.6 Å². The SMILES string of the molecule is CCCCCNC(=O)C(c1cc(C)ccc1C)N(CC)C(=O)C(NC(=O)OC(C)(C)C)C(C)CC. The average molecular weight is 490 g/mol. The first-order valence-electron chi connectivity index (χ1n) is 13.0. The molecule has 7 nitrogen and oxygen atoms in total. The number of hydrogen-bond donors (Lipinski definition) is 2. The zero-order valence-electron chi connectivity index (χ0n) is 23.3. The molecule has 3 unspecified atom stereocenters. The van der Waals surface area contributed by atoms with Gasteiger partial charge < -0.3 is 20.3 Å². The van der Waals surface area contributed by atoms with Gasteiger partial charge in [-0.1, -0.05) is 63.8 Å². The molecule has 7 heteroatoms. The molecule has 198 valence electrons. The fourth-order valence-corrected chi connectivity index (χ4v) is 3.95. The summed E-state index contributed by atoms with van der Waals surface area (Å²) >= 11 is 0. The number of ether oxygens (including phenoxy) is 1.